The van der Waals surface area contributed by atoms with E-state index in [0.717, 1.165) is 27.9 Å². The van der Waals surface area contributed by atoms with Gasteiger partial charge in [0.05, 0.1) is 25.2 Å². The van der Waals surface area contributed by atoms with Crippen LogP contribution in [-0.2, 0) is 17.8 Å². The topological polar surface area (TPSA) is 154 Å². The number of nitrogens with two attached hydrogens (primary N) is 2. The molecule has 0 unspecified atom stereocenters. The van der Waals surface area contributed by atoms with Crippen LogP contribution in [0.2, 0.25) is 0 Å². The predicted octanol–water partition coefficient (Wildman–Crippen LogP) is 4.09. The van der Waals surface area contributed by atoms with Gasteiger partial charge in [0.15, 0.2) is 0 Å². The van der Waals surface area contributed by atoms with Gasteiger partial charge < -0.3 is 30.8 Å². The number of methoxy groups -OCH3 is 1. The highest BCUT2D eigenvalue weighted by Crippen LogP contribution is 2.26. The van der Waals surface area contributed by atoms with Crippen LogP contribution in [0, 0.1) is 13.8 Å². The minimum atomic E-state index is -1.14. The first kappa shape index (κ1) is 30.0. The first-order valence-electron chi connectivity index (χ1n) is 13.4. The fourth-order valence-corrected chi connectivity index (χ4v) is 5.05. The summed E-state index contributed by atoms with van der Waals surface area (Å²) in [7, 11) is 1.40. The number of ether oxygens (including phenoxy) is 1. The van der Waals surface area contributed by atoms with Crippen LogP contribution in [0.5, 0.6) is 5.75 Å². The van der Waals surface area contributed by atoms with Crippen molar-refractivity contribution in [3.8, 4) is 17.0 Å². The van der Waals surface area contributed by atoms with Gasteiger partial charge in [-0.05, 0) is 73.7 Å². The van der Waals surface area contributed by atoms with E-state index in [1.54, 1.807) is 35.5 Å². The number of aryl methyl sites for hydroxylation is 2. The van der Waals surface area contributed by atoms with Crippen molar-refractivity contribution in [3.63, 3.8) is 0 Å². The first-order chi connectivity index (χ1) is 20.0. The van der Waals surface area contributed by atoms with Gasteiger partial charge in [-0.25, -0.2) is 9.78 Å². The Morgan fingerprint density at radius 1 is 1.05 bits per heavy atom. The Balaban J connectivity index is 1.68. The molecule has 4 aromatic rings. The Kier molecular flexibility index (Phi) is 9.07. The molecule has 0 spiro atoms. The van der Waals surface area contributed by atoms with Crippen LogP contribution in [0.15, 0.2) is 73.2 Å². The summed E-state index contributed by atoms with van der Waals surface area (Å²) < 4.78 is 7.03. The second-order valence-electron chi connectivity index (χ2n) is 10.3. The number of amides is 2. The van der Waals surface area contributed by atoms with Gasteiger partial charge in [0.2, 0.25) is 11.8 Å². The molecule has 2 amide bonds. The van der Waals surface area contributed by atoms with Crippen molar-refractivity contribution in [1.82, 2.24) is 14.5 Å². The number of nitrogens with zero attached hydrogens (tertiary/aromatic N) is 3. The second kappa shape index (κ2) is 12.7. The van der Waals surface area contributed by atoms with Gasteiger partial charge in [-0.2, -0.15) is 0 Å². The molecule has 0 bridgehead atoms. The van der Waals surface area contributed by atoms with Gasteiger partial charge in [0.1, 0.15) is 17.5 Å². The van der Waals surface area contributed by atoms with E-state index in [1.807, 2.05) is 61.9 Å². The van der Waals surface area contributed by atoms with E-state index in [0.29, 0.717) is 11.1 Å². The van der Waals surface area contributed by atoms with Crippen molar-refractivity contribution in [3.05, 3.63) is 107 Å². The summed E-state index contributed by atoms with van der Waals surface area (Å²) in [5.74, 6) is -1.77. The molecule has 1 heterocycles. The summed E-state index contributed by atoms with van der Waals surface area (Å²) in [5.41, 5.74) is 17.2. The maximum atomic E-state index is 14.0. The molecule has 2 atom stereocenters. The van der Waals surface area contributed by atoms with Crippen molar-refractivity contribution >= 4 is 17.8 Å². The molecule has 0 radical (unpaired) electrons. The summed E-state index contributed by atoms with van der Waals surface area (Å²) in [6, 6.07) is 17.0. The van der Waals surface area contributed by atoms with Gasteiger partial charge in [0.25, 0.3) is 0 Å². The lowest BCUT2D eigenvalue weighted by atomic mass is 9.93. The highest BCUT2D eigenvalue weighted by atomic mass is 16.5. The molecule has 0 fully saturated rings. The number of benzene rings is 3. The van der Waals surface area contributed by atoms with Crippen LogP contribution in [0.4, 0.5) is 0 Å². The lowest BCUT2D eigenvalue weighted by Gasteiger charge is -2.32. The SMILES string of the molecule is COc1ccc(CN(C(=O)[C@@H](N)Cc2c(C)cc(C(N)=O)cc2C)[C@@H](C)n2cnc(-c3ccccc3)c2)cc1C(=O)O. The van der Waals surface area contributed by atoms with Crippen molar-refractivity contribution in [1.29, 1.82) is 0 Å². The highest BCUT2D eigenvalue weighted by molar-refractivity contribution is 5.93. The van der Waals surface area contributed by atoms with Crippen LogP contribution < -0.4 is 16.2 Å². The van der Waals surface area contributed by atoms with Crippen molar-refractivity contribution in [2.75, 3.05) is 7.11 Å². The van der Waals surface area contributed by atoms with Gasteiger partial charge in [-0.15, -0.1) is 0 Å². The summed E-state index contributed by atoms with van der Waals surface area (Å²) in [6.45, 7) is 5.66. The number of carboxylic acid groups (broad SMARTS) is 1. The van der Waals surface area contributed by atoms with E-state index < -0.39 is 24.1 Å². The third-order valence-electron chi connectivity index (χ3n) is 7.41. The monoisotopic (exact) mass is 569 g/mol. The molecule has 5 N–H and O–H groups in total. The molecule has 0 aliphatic rings. The number of primary amides is 1. The molecule has 0 aliphatic heterocycles. The quantitative estimate of drug-likeness (QED) is 0.246. The number of carboxylic acids is 1. The largest absolute Gasteiger partial charge is 0.496 e. The maximum absolute atomic E-state index is 14.0. The van der Waals surface area contributed by atoms with Crippen LogP contribution in [-0.4, -0.2) is 50.5 Å². The molecule has 0 saturated carbocycles. The number of carbonyl (C=O) groups is 3. The van der Waals surface area contributed by atoms with Crippen LogP contribution in [0.1, 0.15) is 56.1 Å². The fourth-order valence-electron chi connectivity index (χ4n) is 5.05. The summed E-state index contributed by atoms with van der Waals surface area (Å²) in [5, 5.41) is 9.70. The van der Waals surface area contributed by atoms with Crippen molar-refractivity contribution < 1.29 is 24.2 Å². The Morgan fingerprint density at radius 3 is 2.31 bits per heavy atom. The summed E-state index contributed by atoms with van der Waals surface area (Å²) in [4.78, 5) is 43.7. The molecular weight excluding hydrogens is 534 g/mol. The lowest BCUT2D eigenvalue weighted by molar-refractivity contribution is -0.137. The van der Waals surface area contributed by atoms with Gasteiger partial charge >= 0.3 is 5.97 Å². The van der Waals surface area contributed by atoms with Gasteiger partial charge in [-0.1, -0.05) is 36.4 Å². The molecule has 1 aromatic heterocycles. The number of carbonyl (C=O) groups excluding carboxylic acids is 2. The average Bonchev–Trinajstić information content (AvgIpc) is 3.47. The smallest absolute Gasteiger partial charge is 0.339 e. The van der Waals surface area contributed by atoms with E-state index in [2.05, 4.69) is 4.98 Å². The van der Waals surface area contributed by atoms with Crippen molar-refractivity contribution in [2.24, 2.45) is 11.5 Å². The van der Waals surface area contributed by atoms with Gasteiger partial charge in [-0.3, -0.25) is 9.59 Å². The highest BCUT2D eigenvalue weighted by Gasteiger charge is 2.28. The van der Waals surface area contributed by atoms with Gasteiger partial charge in [0, 0.05) is 23.9 Å². The standard InChI is InChI=1S/C32H35N5O5/c1-19-12-24(30(34)38)13-20(2)25(19)15-27(33)31(39)37(16-22-10-11-29(42-4)26(14-22)32(40)41)21(3)36-17-28(35-18-36)23-8-6-5-7-9-23/h5-14,17-18,21,27H,15-16,33H2,1-4H3,(H2,34,38)(H,40,41)/t21-,27-/m0/s1. The zero-order valence-electron chi connectivity index (χ0n) is 24.1. The molecule has 3 aromatic carbocycles. The van der Waals surface area contributed by atoms with Crippen LogP contribution >= 0.6 is 0 Å². The first-order valence-corrected chi connectivity index (χ1v) is 13.4. The number of aromatic carboxylic acids is 1. The molecule has 4 rings (SSSR count). The summed E-state index contributed by atoms with van der Waals surface area (Å²) >= 11 is 0. The Labute approximate surface area is 244 Å². The third kappa shape index (κ3) is 6.50. The minimum Gasteiger partial charge on any atom is -0.496 e. The summed E-state index contributed by atoms with van der Waals surface area (Å²) in [6.07, 6.45) is 3.25. The molecule has 0 aliphatic carbocycles. The maximum Gasteiger partial charge on any atom is 0.339 e. The predicted molar refractivity (Wildman–Crippen MR) is 159 cm³/mol. The molecule has 10 heteroatoms. The number of rotatable bonds is 11. The average molecular weight is 570 g/mol. The fraction of sp³-hybridized carbons (Fsp3) is 0.250. The second-order valence-corrected chi connectivity index (χ2v) is 10.3. The zero-order chi connectivity index (χ0) is 30.6. The number of hydrogen-bond donors (Lipinski definition) is 3. The lowest BCUT2D eigenvalue weighted by Crippen LogP contribution is -2.47. The Bertz CT molecular complexity index is 1590. The third-order valence-corrected chi connectivity index (χ3v) is 7.41. The van der Waals surface area contributed by atoms with E-state index in [-0.39, 0.29) is 30.2 Å². The number of aromatic nitrogens is 2. The zero-order valence-corrected chi connectivity index (χ0v) is 24.1. The van der Waals surface area contributed by atoms with Crippen molar-refractivity contribution in [2.45, 2.75) is 45.9 Å². The molecular formula is C32H35N5O5. The Hall–Kier alpha value is -4.96. The molecule has 10 nitrogen and oxygen atoms in total. The molecule has 0 saturated heterocycles. The van der Waals surface area contributed by atoms with E-state index in [1.165, 1.54) is 13.2 Å². The Morgan fingerprint density at radius 2 is 1.71 bits per heavy atom. The van der Waals surface area contributed by atoms with E-state index in [4.69, 9.17) is 16.2 Å². The normalized spacial score (nSPS) is 12.4. The van der Waals surface area contributed by atoms with Crippen LogP contribution in [0.25, 0.3) is 11.3 Å². The molecule has 42 heavy (non-hydrogen) atoms. The number of imidazole rings is 1. The van der Waals surface area contributed by atoms with E-state index >= 15 is 0 Å². The van der Waals surface area contributed by atoms with Crippen LogP contribution in [0.3, 0.4) is 0 Å². The number of hydrogen-bond acceptors (Lipinski definition) is 6. The van der Waals surface area contributed by atoms with E-state index in [9.17, 15) is 19.5 Å². The molecule has 218 valence electrons. The minimum absolute atomic E-state index is 0.00543.